The van der Waals surface area contributed by atoms with E-state index in [-0.39, 0.29) is 24.9 Å². The molecule has 0 rings (SSSR count). The maximum atomic E-state index is 13.2. The van der Waals surface area contributed by atoms with Crippen molar-refractivity contribution < 1.29 is 24.5 Å². The number of allylic oxidation sites excluding steroid dienone is 8. The zero-order valence-corrected chi connectivity index (χ0v) is 39.8. The number of aliphatic hydroxyl groups is 2. The van der Waals surface area contributed by atoms with E-state index in [0.717, 1.165) is 89.9 Å². The highest BCUT2D eigenvalue weighted by Crippen LogP contribution is 2.17. The summed E-state index contributed by atoms with van der Waals surface area (Å²) in [6, 6.07) is -0.709. The van der Waals surface area contributed by atoms with Crippen LogP contribution < -0.4 is 5.32 Å². The van der Waals surface area contributed by atoms with Gasteiger partial charge in [0, 0.05) is 6.42 Å². The van der Waals surface area contributed by atoms with Gasteiger partial charge in [-0.2, -0.15) is 0 Å². The number of hydrogen-bond donors (Lipinski definition) is 3. The minimum absolute atomic E-state index is 0.0590. The minimum atomic E-state index is -0.793. The summed E-state index contributed by atoms with van der Waals surface area (Å²) < 4.78 is 5.92. The molecule has 0 fully saturated rings. The molecule has 0 aromatic rings. The quantitative estimate of drug-likeness (QED) is 0.0246. The monoisotopic (exact) mass is 842 g/mol. The van der Waals surface area contributed by atoms with Gasteiger partial charge < -0.3 is 20.3 Å². The number of esters is 1. The fraction of sp³-hybridized carbons (Fsp3) is 0.815. The number of nitrogens with one attached hydrogen (secondary N) is 1. The van der Waals surface area contributed by atoms with Crippen molar-refractivity contribution in [3.63, 3.8) is 0 Å². The van der Waals surface area contributed by atoms with E-state index in [0.29, 0.717) is 19.3 Å². The molecule has 3 N–H and O–H groups in total. The van der Waals surface area contributed by atoms with Crippen LogP contribution >= 0.6 is 0 Å². The fourth-order valence-electron chi connectivity index (χ4n) is 7.72. The van der Waals surface area contributed by atoms with Gasteiger partial charge in [-0.05, 0) is 77.0 Å². The Morgan fingerprint density at radius 1 is 0.483 bits per heavy atom. The van der Waals surface area contributed by atoms with Gasteiger partial charge in [-0.3, -0.25) is 9.59 Å². The Kier molecular flexibility index (Phi) is 46.1. The molecule has 6 heteroatoms. The lowest BCUT2D eigenvalue weighted by Crippen LogP contribution is -2.46. The van der Waals surface area contributed by atoms with Gasteiger partial charge in [0.1, 0.15) is 6.10 Å². The molecule has 6 nitrogen and oxygen atoms in total. The lowest BCUT2D eigenvalue weighted by Gasteiger charge is -2.24. The van der Waals surface area contributed by atoms with Crippen LogP contribution in [-0.2, 0) is 14.3 Å². The number of rotatable bonds is 46. The normalized spacial score (nSPS) is 13.6. The topological polar surface area (TPSA) is 95.9 Å². The Morgan fingerprint density at radius 2 is 0.867 bits per heavy atom. The molecule has 0 bridgehead atoms. The van der Waals surface area contributed by atoms with E-state index >= 15 is 0 Å². The molecule has 0 aliphatic heterocycles. The smallest absolute Gasteiger partial charge is 0.306 e. The molecule has 0 aliphatic rings. The zero-order chi connectivity index (χ0) is 43.8. The number of carbonyl (C=O) groups excluding carboxylic acids is 2. The molecule has 0 aliphatic carbocycles. The van der Waals surface area contributed by atoms with Crippen LogP contribution in [0.4, 0.5) is 0 Å². The van der Waals surface area contributed by atoms with Gasteiger partial charge in [0.15, 0.2) is 0 Å². The average Bonchev–Trinajstić information content (AvgIpc) is 3.24. The van der Waals surface area contributed by atoms with Crippen LogP contribution in [0.2, 0.25) is 0 Å². The average molecular weight is 842 g/mol. The van der Waals surface area contributed by atoms with Crippen LogP contribution in [0.5, 0.6) is 0 Å². The molecule has 0 radical (unpaired) electrons. The summed E-state index contributed by atoms with van der Waals surface area (Å²) in [5, 5.41) is 23.7. The van der Waals surface area contributed by atoms with Crippen LogP contribution in [0.3, 0.4) is 0 Å². The summed E-state index contributed by atoms with van der Waals surface area (Å²) >= 11 is 0. The van der Waals surface area contributed by atoms with Crippen molar-refractivity contribution in [2.75, 3.05) is 6.61 Å². The third-order valence-electron chi connectivity index (χ3n) is 11.7. The number of ether oxygens (including phenoxy) is 1. The molecule has 0 aromatic heterocycles. The highest BCUT2D eigenvalue weighted by atomic mass is 16.5. The Balaban J connectivity index is 4.62. The molecule has 350 valence electrons. The Bertz CT molecular complexity index is 1040. The number of unbranched alkanes of at least 4 members (excludes halogenated alkanes) is 28. The highest BCUT2D eigenvalue weighted by Gasteiger charge is 2.24. The van der Waals surface area contributed by atoms with Gasteiger partial charge >= 0.3 is 5.97 Å². The molecular formula is C54H99NO5. The molecule has 1 amide bonds. The summed E-state index contributed by atoms with van der Waals surface area (Å²) in [5.41, 5.74) is 0. The number of amides is 1. The maximum Gasteiger partial charge on any atom is 0.306 e. The van der Waals surface area contributed by atoms with Gasteiger partial charge in [0.05, 0.1) is 25.2 Å². The van der Waals surface area contributed by atoms with E-state index in [4.69, 9.17) is 4.74 Å². The SMILES string of the molecule is CCCCCCC/C=C/C=C/C=C/CCCCCCCC(=O)OC(CCCCC/C=C/CCCCCCCCC)CC(=O)NC(CO)C(O)CCCCCCCCCCC. The van der Waals surface area contributed by atoms with Crippen molar-refractivity contribution in [3.8, 4) is 0 Å². The molecular weight excluding hydrogens is 743 g/mol. The van der Waals surface area contributed by atoms with E-state index in [9.17, 15) is 19.8 Å². The molecule has 0 heterocycles. The standard InChI is InChI=1S/C54H99NO5/c1-4-7-10-13-16-19-21-23-25-26-27-28-30-32-35-38-41-44-47-54(59)60-50(45-42-39-36-34-31-29-24-22-20-17-14-11-8-5-2)48-53(58)55-51(49-56)52(57)46-43-40-37-33-18-15-12-9-6-3/h21,23,25-29,31,50-52,56-57H,4-20,22,24,30,32-49H2,1-3H3,(H,55,58)/b23-21+,26-25+,28-27+,31-29+. The summed E-state index contributed by atoms with van der Waals surface area (Å²) in [5.74, 6) is -0.508. The number of carbonyl (C=O) groups is 2. The molecule has 0 spiro atoms. The zero-order valence-electron chi connectivity index (χ0n) is 39.8. The van der Waals surface area contributed by atoms with Gasteiger partial charge in [-0.25, -0.2) is 0 Å². The van der Waals surface area contributed by atoms with E-state index in [1.165, 1.54) is 122 Å². The first-order chi connectivity index (χ1) is 29.5. The second-order valence-corrected chi connectivity index (χ2v) is 17.6. The van der Waals surface area contributed by atoms with Gasteiger partial charge in [-0.1, -0.05) is 217 Å². The molecule has 0 saturated carbocycles. The predicted octanol–water partition coefficient (Wildman–Crippen LogP) is 15.5. The number of aliphatic hydroxyl groups excluding tert-OH is 2. The van der Waals surface area contributed by atoms with E-state index in [2.05, 4.69) is 74.7 Å². The van der Waals surface area contributed by atoms with E-state index in [1.54, 1.807) is 0 Å². The third-order valence-corrected chi connectivity index (χ3v) is 11.7. The maximum absolute atomic E-state index is 13.2. The molecule has 3 atom stereocenters. The van der Waals surface area contributed by atoms with Crippen LogP contribution in [-0.4, -0.2) is 46.9 Å². The van der Waals surface area contributed by atoms with Gasteiger partial charge in [0.25, 0.3) is 0 Å². The third kappa shape index (κ3) is 42.5. The molecule has 60 heavy (non-hydrogen) atoms. The molecule has 0 aromatic carbocycles. The summed E-state index contributed by atoms with van der Waals surface area (Å²) in [7, 11) is 0. The second kappa shape index (κ2) is 47.9. The Hall–Kier alpha value is -2.18. The predicted molar refractivity (Wildman–Crippen MR) is 259 cm³/mol. The fourth-order valence-corrected chi connectivity index (χ4v) is 7.72. The van der Waals surface area contributed by atoms with E-state index < -0.39 is 18.2 Å². The van der Waals surface area contributed by atoms with Gasteiger partial charge in [0.2, 0.25) is 5.91 Å². The van der Waals surface area contributed by atoms with E-state index in [1.807, 2.05) is 0 Å². The highest BCUT2D eigenvalue weighted by molar-refractivity contribution is 5.77. The summed E-state index contributed by atoms with van der Waals surface area (Å²) in [6.07, 6.45) is 57.4. The minimum Gasteiger partial charge on any atom is -0.462 e. The molecule has 3 unspecified atom stereocenters. The van der Waals surface area contributed by atoms with Crippen LogP contribution in [0.15, 0.2) is 48.6 Å². The Morgan fingerprint density at radius 3 is 1.33 bits per heavy atom. The van der Waals surface area contributed by atoms with Crippen molar-refractivity contribution in [3.05, 3.63) is 48.6 Å². The van der Waals surface area contributed by atoms with Gasteiger partial charge in [-0.15, -0.1) is 0 Å². The second-order valence-electron chi connectivity index (χ2n) is 17.6. The largest absolute Gasteiger partial charge is 0.462 e. The van der Waals surface area contributed by atoms with Crippen LogP contribution in [0, 0.1) is 0 Å². The summed E-state index contributed by atoms with van der Waals surface area (Å²) in [4.78, 5) is 26.1. The molecule has 0 saturated heterocycles. The lowest BCUT2D eigenvalue weighted by molar-refractivity contribution is -0.151. The van der Waals surface area contributed by atoms with Crippen molar-refractivity contribution in [2.45, 2.75) is 277 Å². The summed E-state index contributed by atoms with van der Waals surface area (Å²) in [6.45, 7) is 6.44. The van der Waals surface area contributed by atoms with Crippen molar-refractivity contribution >= 4 is 11.9 Å². The first-order valence-electron chi connectivity index (χ1n) is 25.9. The first-order valence-corrected chi connectivity index (χ1v) is 25.9. The van der Waals surface area contributed by atoms with Crippen LogP contribution in [0.25, 0.3) is 0 Å². The van der Waals surface area contributed by atoms with Crippen molar-refractivity contribution in [2.24, 2.45) is 0 Å². The van der Waals surface area contributed by atoms with Crippen LogP contribution in [0.1, 0.15) is 258 Å². The van der Waals surface area contributed by atoms with Crippen molar-refractivity contribution in [1.29, 1.82) is 0 Å². The Labute approximate surface area is 372 Å². The van der Waals surface area contributed by atoms with Crippen molar-refractivity contribution in [1.82, 2.24) is 5.32 Å². The number of hydrogen-bond acceptors (Lipinski definition) is 5. The first kappa shape index (κ1) is 57.8. The lowest BCUT2D eigenvalue weighted by atomic mass is 10.0.